The summed E-state index contributed by atoms with van der Waals surface area (Å²) in [7, 11) is -3.99. The van der Waals surface area contributed by atoms with E-state index in [0.717, 1.165) is 35.5 Å². The lowest BCUT2D eigenvalue weighted by molar-refractivity contribution is 0.0950. The minimum absolute atomic E-state index is 0.0429. The molecule has 0 heterocycles. The molecular weight excluding hydrogens is 470 g/mol. The van der Waals surface area contributed by atoms with Crippen LogP contribution in [-0.4, -0.2) is 27.4 Å². The second-order valence-electron chi connectivity index (χ2n) is 8.02. The van der Waals surface area contributed by atoms with Gasteiger partial charge in [0.05, 0.1) is 10.7 Å². The maximum Gasteiger partial charge on any atom is 0.263 e. The number of anilines is 2. The molecule has 0 unspecified atom stereocenters. The molecule has 3 aromatic rings. The maximum atomic E-state index is 13.0. The first-order valence-corrected chi connectivity index (χ1v) is 13.0. The van der Waals surface area contributed by atoms with Gasteiger partial charge in [0.2, 0.25) is 0 Å². The molecule has 180 valence electrons. The monoisotopic (exact) mass is 499 g/mol. The van der Waals surface area contributed by atoms with E-state index in [1.165, 1.54) is 18.2 Å². The predicted molar refractivity (Wildman–Crippen MR) is 139 cm³/mol. The van der Waals surface area contributed by atoms with Gasteiger partial charge in [0.25, 0.3) is 15.9 Å². The molecule has 0 aliphatic heterocycles. The summed E-state index contributed by atoms with van der Waals surface area (Å²) in [6.07, 6.45) is 0. The summed E-state index contributed by atoms with van der Waals surface area (Å²) >= 11 is 6.21. The Bertz CT molecular complexity index is 1270. The van der Waals surface area contributed by atoms with Crippen LogP contribution in [0.5, 0.6) is 0 Å². The van der Waals surface area contributed by atoms with Gasteiger partial charge in [0.1, 0.15) is 4.90 Å². The third kappa shape index (κ3) is 5.90. The van der Waals surface area contributed by atoms with Gasteiger partial charge in [-0.3, -0.25) is 9.52 Å². The van der Waals surface area contributed by atoms with Crippen molar-refractivity contribution in [2.45, 2.75) is 39.1 Å². The van der Waals surface area contributed by atoms with E-state index in [-0.39, 0.29) is 21.4 Å². The number of hydrogen-bond donors (Lipinski definition) is 2. The quantitative estimate of drug-likeness (QED) is 0.405. The molecular formula is C26H30ClN3O3S. The zero-order chi connectivity index (χ0) is 24.9. The van der Waals surface area contributed by atoms with E-state index in [4.69, 9.17) is 11.6 Å². The molecule has 0 fully saturated rings. The number of halogens is 1. The number of nitrogens with one attached hydrogen (secondary N) is 2. The molecule has 2 N–H and O–H groups in total. The van der Waals surface area contributed by atoms with E-state index in [1.54, 1.807) is 12.1 Å². The molecule has 0 atom stereocenters. The van der Waals surface area contributed by atoms with E-state index in [1.807, 2.05) is 44.2 Å². The fourth-order valence-electron chi connectivity index (χ4n) is 3.61. The molecule has 0 saturated heterocycles. The number of nitrogens with zero attached hydrogens (tertiary/aromatic N) is 1. The van der Waals surface area contributed by atoms with Crippen molar-refractivity contribution < 1.29 is 13.2 Å². The van der Waals surface area contributed by atoms with E-state index in [0.29, 0.717) is 12.2 Å². The Balaban J connectivity index is 1.75. The molecule has 0 spiro atoms. The summed E-state index contributed by atoms with van der Waals surface area (Å²) in [5.41, 5.74) is 4.55. The molecule has 34 heavy (non-hydrogen) atoms. The number of amides is 1. The van der Waals surface area contributed by atoms with Gasteiger partial charge in [0.15, 0.2) is 0 Å². The minimum atomic E-state index is -3.99. The summed E-state index contributed by atoms with van der Waals surface area (Å²) in [4.78, 5) is 14.8. The van der Waals surface area contributed by atoms with Crippen molar-refractivity contribution in [3.63, 3.8) is 0 Å². The first-order valence-electron chi connectivity index (χ1n) is 11.2. The smallest absolute Gasteiger partial charge is 0.263 e. The van der Waals surface area contributed by atoms with E-state index in [9.17, 15) is 13.2 Å². The zero-order valence-electron chi connectivity index (χ0n) is 19.9. The van der Waals surface area contributed by atoms with Gasteiger partial charge >= 0.3 is 0 Å². The predicted octanol–water partition coefficient (Wildman–Crippen LogP) is 5.53. The van der Waals surface area contributed by atoms with Gasteiger partial charge in [-0.15, -0.1) is 0 Å². The van der Waals surface area contributed by atoms with E-state index < -0.39 is 10.0 Å². The zero-order valence-corrected chi connectivity index (χ0v) is 21.4. The summed E-state index contributed by atoms with van der Waals surface area (Å²) in [6, 6.07) is 17.6. The summed E-state index contributed by atoms with van der Waals surface area (Å²) in [5, 5.41) is 2.89. The summed E-state index contributed by atoms with van der Waals surface area (Å²) in [6.45, 7) is 10.1. The number of carbonyl (C=O) groups is 1. The van der Waals surface area contributed by atoms with Gasteiger partial charge < -0.3 is 10.2 Å². The highest BCUT2D eigenvalue weighted by Gasteiger charge is 2.21. The van der Waals surface area contributed by atoms with Crippen LogP contribution in [0.4, 0.5) is 11.4 Å². The van der Waals surface area contributed by atoms with Gasteiger partial charge in [-0.2, -0.15) is 0 Å². The molecule has 3 aromatic carbocycles. The average Bonchev–Trinajstić information content (AvgIpc) is 2.82. The number of rotatable bonds is 9. The van der Waals surface area contributed by atoms with Crippen LogP contribution in [0.15, 0.2) is 65.6 Å². The largest absolute Gasteiger partial charge is 0.372 e. The lowest BCUT2D eigenvalue weighted by atomic mass is 10.1. The highest BCUT2D eigenvalue weighted by atomic mass is 35.5. The highest BCUT2D eigenvalue weighted by molar-refractivity contribution is 7.92. The third-order valence-electron chi connectivity index (χ3n) is 5.85. The lowest BCUT2D eigenvalue weighted by Crippen LogP contribution is -2.24. The Morgan fingerprint density at radius 1 is 0.971 bits per heavy atom. The molecule has 6 nitrogen and oxygen atoms in total. The van der Waals surface area contributed by atoms with Crippen LogP contribution in [0.25, 0.3) is 0 Å². The third-order valence-corrected chi connectivity index (χ3v) is 7.70. The Morgan fingerprint density at radius 2 is 1.65 bits per heavy atom. The topological polar surface area (TPSA) is 78.5 Å². The Hall–Kier alpha value is -3.03. The Labute approximate surface area is 207 Å². The van der Waals surface area contributed by atoms with Crippen LogP contribution in [0, 0.1) is 13.8 Å². The second-order valence-corrected chi connectivity index (χ2v) is 10.1. The molecule has 0 saturated carbocycles. The number of hydrogen-bond acceptors (Lipinski definition) is 4. The van der Waals surface area contributed by atoms with E-state index >= 15 is 0 Å². The molecule has 0 aliphatic rings. The van der Waals surface area contributed by atoms with Crippen molar-refractivity contribution in [3.8, 4) is 0 Å². The first kappa shape index (κ1) is 25.6. The molecule has 0 radical (unpaired) electrons. The van der Waals surface area contributed by atoms with Crippen molar-refractivity contribution in [1.82, 2.24) is 5.32 Å². The van der Waals surface area contributed by atoms with Crippen LogP contribution in [0.3, 0.4) is 0 Å². The minimum Gasteiger partial charge on any atom is -0.372 e. The second kappa shape index (κ2) is 10.9. The average molecular weight is 500 g/mol. The molecule has 0 aromatic heterocycles. The number of benzene rings is 3. The molecule has 8 heteroatoms. The van der Waals surface area contributed by atoms with Crippen molar-refractivity contribution in [2.75, 3.05) is 22.7 Å². The van der Waals surface area contributed by atoms with Crippen molar-refractivity contribution >= 4 is 38.9 Å². The normalized spacial score (nSPS) is 11.2. The van der Waals surface area contributed by atoms with Crippen molar-refractivity contribution in [2.24, 2.45) is 0 Å². The van der Waals surface area contributed by atoms with Crippen LogP contribution >= 0.6 is 11.6 Å². The lowest BCUT2D eigenvalue weighted by Gasteiger charge is -2.21. The summed E-state index contributed by atoms with van der Waals surface area (Å²) < 4.78 is 28.7. The van der Waals surface area contributed by atoms with Crippen LogP contribution in [0.1, 0.15) is 40.9 Å². The van der Waals surface area contributed by atoms with Crippen molar-refractivity contribution in [3.05, 3.63) is 87.9 Å². The van der Waals surface area contributed by atoms with Crippen LogP contribution in [0.2, 0.25) is 5.02 Å². The van der Waals surface area contributed by atoms with E-state index in [2.05, 4.69) is 28.8 Å². The van der Waals surface area contributed by atoms with Crippen LogP contribution in [-0.2, 0) is 16.6 Å². The number of aryl methyl sites for hydroxylation is 1. The van der Waals surface area contributed by atoms with Crippen molar-refractivity contribution in [1.29, 1.82) is 0 Å². The molecule has 3 rings (SSSR count). The standard InChI is InChI=1S/C26H30ClN3O3S/c1-5-30(6-2)22-13-10-20(11-14-22)17-28-26(31)21-12-15-23(27)25(16-21)34(32,33)29-24-9-7-8-18(3)19(24)4/h7-16,29H,5-6,17H2,1-4H3,(H,28,31). The number of sulfonamides is 1. The molecule has 0 bridgehead atoms. The van der Waals surface area contributed by atoms with Gasteiger partial charge in [0, 0.05) is 30.9 Å². The van der Waals surface area contributed by atoms with Gasteiger partial charge in [-0.05, 0) is 80.8 Å². The molecule has 0 aliphatic carbocycles. The summed E-state index contributed by atoms with van der Waals surface area (Å²) in [5.74, 6) is -0.382. The Morgan fingerprint density at radius 3 is 2.29 bits per heavy atom. The fraction of sp³-hybridized carbons (Fsp3) is 0.269. The number of carbonyl (C=O) groups excluding carboxylic acids is 1. The van der Waals surface area contributed by atoms with Crippen LogP contribution < -0.4 is 14.9 Å². The molecule has 1 amide bonds. The fourth-order valence-corrected chi connectivity index (χ4v) is 5.26. The first-order chi connectivity index (χ1) is 16.2. The van der Waals surface area contributed by atoms with Gasteiger partial charge in [-0.1, -0.05) is 35.9 Å². The SMILES string of the molecule is CCN(CC)c1ccc(CNC(=O)c2ccc(Cl)c(S(=O)(=O)Nc3cccc(C)c3C)c2)cc1. The maximum absolute atomic E-state index is 13.0. The highest BCUT2D eigenvalue weighted by Crippen LogP contribution is 2.27. The Kier molecular flexibility index (Phi) is 8.23. The van der Waals surface area contributed by atoms with Gasteiger partial charge in [-0.25, -0.2) is 8.42 Å².